The Morgan fingerprint density at radius 2 is 1.66 bits per heavy atom. The van der Waals surface area contributed by atoms with Crippen LogP contribution in [0.3, 0.4) is 0 Å². The van der Waals surface area contributed by atoms with Gasteiger partial charge in [-0.15, -0.1) is 0 Å². The summed E-state index contributed by atoms with van der Waals surface area (Å²) in [4.78, 5) is 51.1. The molecule has 0 fully saturated rings. The van der Waals surface area contributed by atoms with E-state index in [1.165, 1.54) is 27.9 Å². The number of benzene rings is 1. The highest BCUT2D eigenvalue weighted by Gasteiger charge is 2.26. The van der Waals surface area contributed by atoms with Gasteiger partial charge in [0, 0.05) is 30.4 Å². The number of aromatic nitrogens is 1. The molecule has 0 saturated carbocycles. The fraction of sp³-hybridized carbons (Fsp3) is 0.400. The highest BCUT2D eigenvalue weighted by molar-refractivity contribution is 5.93. The van der Waals surface area contributed by atoms with Gasteiger partial charge in [-0.05, 0) is 25.5 Å². The van der Waals surface area contributed by atoms with E-state index in [2.05, 4.69) is 25.7 Å². The molecular weight excluding hydrogens is 376 g/mol. The van der Waals surface area contributed by atoms with Crippen LogP contribution in [-0.4, -0.2) is 53.9 Å². The lowest BCUT2D eigenvalue weighted by atomic mass is 10.0. The van der Waals surface area contributed by atoms with E-state index < -0.39 is 35.9 Å². The van der Waals surface area contributed by atoms with E-state index in [1.54, 1.807) is 6.20 Å². The van der Waals surface area contributed by atoms with Crippen LogP contribution in [0.25, 0.3) is 10.9 Å². The van der Waals surface area contributed by atoms with Crippen LogP contribution >= 0.6 is 0 Å². The molecule has 0 spiro atoms. The van der Waals surface area contributed by atoms with Gasteiger partial charge in [-0.3, -0.25) is 14.4 Å². The SMILES string of the molecule is COC(=O)[C@H](C)NC(=O)[C@H](C)NC(=O)[C@H](Cc1c[nH]c2ccccc12)NC(C)=O. The van der Waals surface area contributed by atoms with Gasteiger partial charge in [0.25, 0.3) is 0 Å². The van der Waals surface area contributed by atoms with Crippen LogP contribution in [0.1, 0.15) is 26.3 Å². The van der Waals surface area contributed by atoms with Crippen LogP contribution in [0.4, 0.5) is 0 Å². The maximum atomic E-state index is 12.7. The number of rotatable bonds is 8. The van der Waals surface area contributed by atoms with E-state index in [9.17, 15) is 19.2 Å². The Morgan fingerprint density at radius 3 is 2.31 bits per heavy atom. The molecule has 1 aromatic heterocycles. The summed E-state index contributed by atoms with van der Waals surface area (Å²) in [6.45, 7) is 4.30. The third-order valence-corrected chi connectivity index (χ3v) is 4.46. The van der Waals surface area contributed by atoms with Crippen molar-refractivity contribution in [1.82, 2.24) is 20.9 Å². The van der Waals surface area contributed by atoms with Gasteiger partial charge in [0.2, 0.25) is 17.7 Å². The number of H-pyrrole nitrogens is 1. The normalized spacial score (nSPS) is 13.8. The van der Waals surface area contributed by atoms with Crippen LogP contribution in [0, 0.1) is 0 Å². The molecule has 29 heavy (non-hydrogen) atoms. The summed E-state index contributed by atoms with van der Waals surface area (Å²) in [6, 6.07) is 5.02. The van der Waals surface area contributed by atoms with Crippen LogP contribution in [0.5, 0.6) is 0 Å². The molecule has 9 nitrogen and oxygen atoms in total. The molecule has 0 aliphatic rings. The van der Waals surface area contributed by atoms with Gasteiger partial charge >= 0.3 is 5.97 Å². The molecule has 3 amide bonds. The summed E-state index contributed by atoms with van der Waals surface area (Å²) in [5.74, 6) is -1.99. The maximum Gasteiger partial charge on any atom is 0.328 e. The number of esters is 1. The van der Waals surface area contributed by atoms with E-state index >= 15 is 0 Å². The van der Waals surface area contributed by atoms with E-state index in [-0.39, 0.29) is 12.3 Å². The molecule has 3 atom stereocenters. The molecule has 1 heterocycles. The number of amides is 3. The van der Waals surface area contributed by atoms with Gasteiger partial charge in [-0.2, -0.15) is 0 Å². The van der Waals surface area contributed by atoms with Crippen molar-refractivity contribution in [3.63, 3.8) is 0 Å². The largest absolute Gasteiger partial charge is 0.467 e. The van der Waals surface area contributed by atoms with Crippen molar-refractivity contribution in [2.24, 2.45) is 0 Å². The third kappa shape index (κ3) is 5.81. The second-order valence-electron chi connectivity index (χ2n) is 6.80. The molecule has 156 valence electrons. The van der Waals surface area contributed by atoms with E-state index in [0.29, 0.717) is 0 Å². The molecular formula is C20H26N4O5. The minimum Gasteiger partial charge on any atom is -0.467 e. The first-order valence-corrected chi connectivity index (χ1v) is 9.23. The molecule has 9 heteroatoms. The van der Waals surface area contributed by atoms with Gasteiger partial charge in [0.1, 0.15) is 18.1 Å². The predicted octanol–water partition coefficient (Wildman–Crippen LogP) is 0.398. The van der Waals surface area contributed by atoms with E-state index in [0.717, 1.165) is 16.5 Å². The first-order chi connectivity index (χ1) is 13.7. The molecule has 0 unspecified atom stereocenters. The van der Waals surface area contributed by atoms with Crippen LogP contribution in [-0.2, 0) is 30.3 Å². The standard InChI is InChI=1S/C20H26N4O5/c1-11(18(26)23-12(2)20(28)29-4)22-19(27)17(24-13(3)25)9-14-10-21-16-8-6-5-7-15(14)16/h5-8,10-12,17,21H,9H2,1-4H3,(H,22,27)(H,23,26)(H,24,25)/t11-,12-,17-/m0/s1. The Hall–Kier alpha value is -3.36. The average molecular weight is 402 g/mol. The van der Waals surface area contributed by atoms with Gasteiger partial charge < -0.3 is 25.7 Å². The second-order valence-corrected chi connectivity index (χ2v) is 6.80. The number of ether oxygens (including phenoxy) is 1. The number of fused-ring (bicyclic) bond motifs is 1. The van der Waals surface area contributed by atoms with Crippen LogP contribution in [0.2, 0.25) is 0 Å². The van der Waals surface area contributed by atoms with Crippen LogP contribution in [0.15, 0.2) is 30.5 Å². The smallest absolute Gasteiger partial charge is 0.328 e. The summed E-state index contributed by atoms with van der Waals surface area (Å²) < 4.78 is 4.56. The number of hydrogen-bond acceptors (Lipinski definition) is 5. The summed E-state index contributed by atoms with van der Waals surface area (Å²) in [7, 11) is 1.22. The molecule has 1 aromatic carbocycles. The minimum absolute atomic E-state index is 0.252. The molecule has 2 aromatic rings. The lowest BCUT2D eigenvalue weighted by molar-refractivity contribution is -0.144. The van der Waals surface area contributed by atoms with Crippen LogP contribution < -0.4 is 16.0 Å². The number of aromatic amines is 1. The van der Waals surface area contributed by atoms with Crippen molar-refractivity contribution in [2.75, 3.05) is 7.11 Å². The highest BCUT2D eigenvalue weighted by atomic mass is 16.5. The number of nitrogens with one attached hydrogen (secondary N) is 4. The molecule has 0 bridgehead atoms. The Morgan fingerprint density at radius 1 is 1.00 bits per heavy atom. The number of para-hydroxylation sites is 1. The zero-order chi connectivity index (χ0) is 21.6. The fourth-order valence-corrected chi connectivity index (χ4v) is 2.93. The molecule has 0 aliphatic carbocycles. The summed E-state index contributed by atoms with van der Waals surface area (Å²) in [5, 5.41) is 8.62. The third-order valence-electron chi connectivity index (χ3n) is 4.46. The van der Waals surface area contributed by atoms with Gasteiger partial charge in [0.15, 0.2) is 0 Å². The topological polar surface area (TPSA) is 129 Å². The van der Waals surface area contributed by atoms with Gasteiger partial charge in [-0.25, -0.2) is 4.79 Å². The number of carbonyl (C=O) groups excluding carboxylic acids is 4. The van der Waals surface area contributed by atoms with E-state index in [1.807, 2.05) is 24.3 Å². The van der Waals surface area contributed by atoms with Crippen molar-refractivity contribution >= 4 is 34.6 Å². The molecule has 0 saturated heterocycles. The lowest BCUT2D eigenvalue weighted by Crippen LogP contribution is -2.54. The highest BCUT2D eigenvalue weighted by Crippen LogP contribution is 2.19. The van der Waals surface area contributed by atoms with Gasteiger partial charge in [-0.1, -0.05) is 18.2 Å². The Kier molecular flexibility index (Phi) is 7.35. The zero-order valence-corrected chi connectivity index (χ0v) is 16.9. The minimum atomic E-state index is -0.908. The predicted molar refractivity (Wildman–Crippen MR) is 107 cm³/mol. The average Bonchev–Trinajstić information content (AvgIpc) is 3.09. The van der Waals surface area contributed by atoms with E-state index in [4.69, 9.17) is 0 Å². The van der Waals surface area contributed by atoms with Crippen molar-refractivity contribution in [3.8, 4) is 0 Å². The number of hydrogen-bond donors (Lipinski definition) is 4. The first kappa shape index (κ1) is 21.9. The quantitative estimate of drug-likeness (QED) is 0.475. The van der Waals surface area contributed by atoms with Crippen molar-refractivity contribution in [3.05, 3.63) is 36.0 Å². The maximum absolute atomic E-state index is 12.7. The summed E-state index contributed by atoms with van der Waals surface area (Å²) in [5.41, 5.74) is 1.79. The Balaban J connectivity index is 2.07. The van der Waals surface area contributed by atoms with Crippen molar-refractivity contribution in [2.45, 2.75) is 45.3 Å². The lowest BCUT2D eigenvalue weighted by Gasteiger charge is -2.21. The van der Waals surface area contributed by atoms with Crippen molar-refractivity contribution < 1.29 is 23.9 Å². The molecule has 0 radical (unpaired) electrons. The zero-order valence-electron chi connectivity index (χ0n) is 16.9. The monoisotopic (exact) mass is 402 g/mol. The van der Waals surface area contributed by atoms with Gasteiger partial charge in [0.05, 0.1) is 7.11 Å². The Bertz CT molecular complexity index is 907. The molecule has 4 N–H and O–H groups in total. The molecule has 2 rings (SSSR count). The number of methoxy groups -OCH3 is 1. The number of carbonyl (C=O) groups is 4. The van der Waals surface area contributed by atoms with Crippen molar-refractivity contribution in [1.29, 1.82) is 0 Å². The first-order valence-electron chi connectivity index (χ1n) is 9.23. The summed E-state index contributed by atoms with van der Waals surface area (Å²) in [6.07, 6.45) is 2.04. The Labute approximate surface area is 168 Å². The molecule has 0 aliphatic heterocycles. The second kappa shape index (κ2) is 9.72. The summed E-state index contributed by atoms with van der Waals surface area (Å²) >= 11 is 0. The fourth-order valence-electron chi connectivity index (χ4n) is 2.93.